The largest absolute Gasteiger partial charge is 0.409 e. The molecule has 0 spiro atoms. The van der Waals surface area contributed by atoms with E-state index in [0.29, 0.717) is 11.7 Å². The molecular weight excluding hydrogens is 176 g/mol. The van der Waals surface area contributed by atoms with Crippen LogP contribution in [0.15, 0.2) is 5.16 Å². The van der Waals surface area contributed by atoms with Gasteiger partial charge in [-0.05, 0) is 12.2 Å². The average molecular weight is 192 g/mol. The van der Waals surface area contributed by atoms with Crippen LogP contribution in [0, 0.1) is 0 Å². The highest BCUT2D eigenvalue weighted by atomic mass is 32.2. The smallest absolute Gasteiger partial charge is 0.140 e. The molecule has 0 aromatic heterocycles. The lowest BCUT2D eigenvalue weighted by Crippen LogP contribution is -2.16. The number of nitrogens with zero attached hydrogens (tertiary/aromatic N) is 1. The van der Waals surface area contributed by atoms with E-state index in [-0.39, 0.29) is 12.4 Å². The van der Waals surface area contributed by atoms with E-state index in [1.165, 1.54) is 0 Å². The predicted octanol–water partition coefficient (Wildman–Crippen LogP) is 0.627. The zero-order valence-corrected chi connectivity index (χ0v) is 8.05. The number of nitrogens with two attached hydrogens (primary N) is 1. The molecule has 5 heteroatoms. The molecule has 1 unspecified atom stereocenters. The molecule has 72 valence electrons. The molecule has 0 aromatic carbocycles. The minimum atomic E-state index is 0.225. The second-order valence-corrected chi connectivity index (χ2v) is 4.10. The summed E-state index contributed by atoms with van der Waals surface area (Å²) in [4.78, 5) is 0. The molecule has 0 radical (unpaired) electrons. The third-order valence-corrected chi connectivity index (χ3v) is 2.59. The Bertz CT molecular complexity index is 141. The van der Waals surface area contributed by atoms with Crippen molar-refractivity contribution in [2.45, 2.75) is 25.0 Å². The molecule has 4 N–H and O–H groups in total. The Morgan fingerprint density at radius 3 is 2.83 bits per heavy atom. The fraction of sp³-hybridized carbons (Fsp3) is 0.857. The minimum Gasteiger partial charge on any atom is -0.409 e. The molecule has 0 heterocycles. The van der Waals surface area contributed by atoms with Gasteiger partial charge in [0, 0.05) is 18.3 Å². The third-order valence-electron chi connectivity index (χ3n) is 1.33. The predicted molar refractivity (Wildman–Crippen MR) is 51.6 cm³/mol. The first-order chi connectivity index (χ1) is 5.70. The summed E-state index contributed by atoms with van der Waals surface area (Å²) in [6, 6.07) is 0. The van der Waals surface area contributed by atoms with Crippen molar-refractivity contribution in [3.05, 3.63) is 0 Å². The normalized spacial score (nSPS) is 14.7. The first-order valence-corrected chi connectivity index (χ1v) is 4.94. The van der Waals surface area contributed by atoms with Gasteiger partial charge in [-0.25, -0.2) is 0 Å². The van der Waals surface area contributed by atoms with Crippen molar-refractivity contribution in [3.8, 4) is 0 Å². The average Bonchev–Trinajstić information content (AvgIpc) is 2.05. The second-order valence-electron chi connectivity index (χ2n) is 2.55. The first-order valence-electron chi connectivity index (χ1n) is 3.89. The molecule has 0 aliphatic carbocycles. The molecule has 0 bridgehead atoms. The van der Waals surface area contributed by atoms with Crippen LogP contribution >= 0.6 is 11.8 Å². The summed E-state index contributed by atoms with van der Waals surface area (Å²) < 4.78 is 0. The fourth-order valence-corrected chi connectivity index (χ4v) is 1.73. The van der Waals surface area contributed by atoms with Gasteiger partial charge in [0.2, 0.25) is 0 Å². The summed E-state index contributed by atoms with van der Waals surface area (Å²) in [5, 5.41) is 20.0. The number of hydrogen-bond acceptors (Lipinski definition) is 4. The highest BCUT2D eigenvalue weighted by molar-refractivity contribution is 7.99. The first kappa shape index (κ1) is 11.6. The number of thioether (sulfide) groups is 1. The van der Waals surface area contributed by atoms with Crippen LogP contribution in [0.5, 0.6) is 0 Å². The van der Waals surface area contributed by atoms with E-state index in [0.717, 1.165) is 12.2 Å². The molecule has 0 saturated heterocycles. The number of aliphatic hydroxyl groups excluding tert-OH is 1. The lowest BCUT2D eigenvalue weighted by molar-refractivity contribution is 0.296. The van der Waals surface area contributed by atoms with Crippen molar-refractivity contribution in [1.82, 2.24) is 0 Å². The van der Waals surface area contributed by atoms with Crippen molar-refractivity contribution in [2.75, 3.05) is 12.4 Å². The van der Waals surface area contributed by atoms with Gasteiger partial charge in [-0.3, -0.25) is 0 Å². The van der Waals surface area contributed by atoms with Gasteiger partial charge < -0.3 is 16.0 Å². The lowest BCUT2D eigenvalue weighted by Gasteiger charge is -2.08. The van der Waals surface area contributed by atoms with E-state index in [2.05, 4.69) is 5.16 Å². The standard InChI is InChI=1S/C7H16N2O2S/c1-6(5-7(8)9-11)12-4-2-3-10/h6,10-11H,2-5H2,1H3,(H2,8,9). The van der Waals surface area contributed by atoms with E-state index >= 15 is 0 Å². The van der Waals surface area contributed by atoms with Crippen molar-refractivity contribution in [2.24, 2.45) is 10.9 Å². The zero-order chi connectivity index (χ0) is 9.40. The fourth-order valence-electron chi connectivity index (χ4n) is 0.743. The van der Waals surface area contributed by atoms with Gasteiger partial charge >= 0.3 is 0 Å². The summed E-state index contributed by atoms with van der Waals surface area (Å²) in [6.45, 7) is 2.24. The molecule has 4 nitrogen and oxygen atoms in total. The Morgan fingerprint density at radius 2 is 2.33 bits per heavy atom. The van der Waals surface area contributed by atoms with Gasteiger partial charge in [0.25, 0.3) is 0 Å². The van der Waals surface area contributed by atoms with Crippen LogP contribution < -0.4 is 5.73 Å². The van der Waals surface area contributed by atoms with Gasteiger partial charge in [0.15, 0.2) is 0 Å². The summed E-state index contributed by atoms with van der Waals surface area (Å²) in [7, 11) is 0. The van der Waals surface area contributed by atoms with Gasteiger partial charge in [0.1, 0.15) is 5.84 Å². The molecular formula is C7H16N2O2S. The lowest BCUT2D eigenvalue weighted by atomic mass is 10.3. The maximum absolute atomic E-state index is 8.51. The van der Waals surface area contributed by atoms with Crippen LogP contribution in [0.1, 0.15) is 19.8 Å². The third kappa shape index (κ3) is 6.30. The molecule has 0 amide bonds. The molecule has 1 atom stereocenters. The van der Waals surface area contributed by atoms with Gasteiger partial charge in [-0.1, -0.05) is 12.1 Å². The molecule has 0 fully saturated rings. The maximum Gasteiger partial charge on any atom is 0.140 e. The Labute approximate surface area is 76.8 Å². The van der Waals surface area contributed by atoms with Crippen LogP contribution in [0.2, 0.25) is 0 Å². The van der Waals surface area contributed by atoms with Crippen molar-refractivity contribution >= 4 is 17.6 Å². The summed E-state index contributed by atoms with van der Waals surface area (Å²) >= 11 is 1.71. The molecule has 0 aliphatic heterocycles. The van der Waals surface area contributed by atoms with Crippen LogP contribution in [-0.2, 0) is 0 Å². The van der Waals surface area contributed by atoms with E-state index in [1.807, 2.05) is 6.92 Å². The highest BCUT2D eigenvalue weighted by Crippen LogP contribution is 2.14. The summed E-state index contributed by atoms with van der Waals surface area (Å²) in [5.74, 6) is 1.18. The Morgan fingerprint density at radius 1 is 1.67 bits per heavy atom. The van der Waals surface area contributed by atoms with Crippen LogP contribution in [0.25, 0.3) is 0 Å². The van der Waals surface area contributed by atoms with Crippen molar-refractivity contribution in [3.63, 3.8) is 0 Å². The molecule has 12 heavy (non-hydrogen) atoms. The number of rotatable bonds is 6. The van der Waals surface area contributed by atoms with E-state index < -0.39 is 0 Å². The Balaban J connectivity index is 3.39. The summed E-state index contributed by atoms with van der Waals surface area (Å²) in [5.41, 5.74) is 5.32. The monoisotopic (exact) mass is 192 g/mol. The Kier molecular flexibility index (Phi) is 6.99. The SMILES string of the molecule is CC(CC(N)=NO)SCCCO. The van der Waals surface area contributed by atoms with E-state index in [1.54, 1.807) is 11.8 Å². The minimum absolute atomic E-state index is 0.225. The van der Waals surface area contributed by atoms with Crippen LogP contribution in [0.4, 0.5) is 0 Å². The number of aliphatic hydroxyl groups is 1. The Hall–Kier alpha value is -0.420. The van der Waals surface area contributed by atoms with E-state index in [9.17, 15) is 0 Å². The van der Waals surface area contributed by atoms with Crippen molar-refractivity contribution in [1.29, 1.82) is 0 Å². The maximum atomic E-state index is 8.51. The van der Waals surface area contributed by atoms with Crippen LogP contribution in [-0.4, -0.2) is 33.8 Å². The second kappa shape index (κ2) is 7.24. The zero-order valence-electron chi connectivity index (χ0n) is 7.23. The van der Waals surface area contributed by atoms with Gasteiger partial charge in [-0.2, -0.15) is 11.8 Å². The van der Waals surface area contributed by atoms with Gasteiger partial charge in [-0.15, -0.1) is 0 Å². The molecule has 0 rings (SSSR count). The number of hydrogen-bond donors (Lipinski definition) is 3. The van der Waals surface area contributed by atoms with Gasteiger partial charge in [0.05, 0.1) is 0 Å². The number of amidine groups is 1. The molecule has 0 aromatic rings. The topological polar surface area (TPSA) is 78.8 Å². The highest BCUT2D eigenvalue weighted by Gasteiger charge is 2.04. The molecule has 0 saturated carbocycles. The van der Waals surface area contributed by atoms with Crippen molar-refractivity contribution < 1.29 is 10.3 Å². The number of oxime groups is 1. The summed E-state index contributed by atoms with van der Waals surface area (Å²) in [6.07, 6.45) is 1.39. The van der Waals surface area contributed by atoms with E-state index in [4.69, 9.17) is 16.0 Å². The van der Waals surface area contributed by atoms with Crippen LogP contribution in [0.3, 0.4) is 0 Å². The molecule has 0 aliphatic rings. The quantitative estimate of drug-likeness (QED) is 0.189.